The summed E-state index contributed by atoms with van der Waals surface area (Å²) in [7, 11) is 0. The standard InChI is InChI=1S/C12H15F3N2O/c1-2-3-4-11(18)17-8-5-6-10(16)9(7-8)12(13,14)15/h5-7H,2-4,16H2,1H3,(H,17,18). The molecule has 1 amide bonds. The van der Waals surface area contributed by atoms with Gasteiger partial charge < -0.3 is 11.1 Å². The molecule has 0 unspecified atom stereocenters. The lowest BCUT2D eigenvalue weighted by atomic mass is 10.1. The summed E-state index contributed by atoms with van der Waals surface area (Å²) in [6.45, 7) is 1.93. The molecular weight excluding hydrogens is 245 g/mol. The molecule has 0 heterocycles. The number of alkyl halides is 3. The molecule has 0 atom stereocenters. The van der Waals surface area contributed by atoms with E-state index >= 15 is 0 Å². The molecule has 100 valence electrons. The highest BCUT2D eigenvalue weighted by molar-refractivity contribution is 5.91. The molecule has 0 fully saturated rings. The van der Waals surface area contributed by atoms with E-state index in [1.54, 1.807) is 0 Å². The average molecular weight is 260 g/mol. The maximum Gasteiger partial charge on any atom is 0.418 e. The Morgan fingerprint density at radius 3 is 2.61 bits per heavy atom. The van der Waals surface area contributed by atoms with Crippen LogP contribution in [0.3, 0.4) is 0 Å². The Hall–Kier alpha value is -1.72. The summed E-state index contributed by atoms with van der Waals surface area (Å²) in [4.78, 5) is 11.4. The third kappa shape index (κ3) is 3.94. The van der Waals surface area contributed by atoms with Gasteiger partial charge in [0.15, 0.2) is 0 Å². The lowest BCUT2D eigenvalue weighted by Crippen LogP contribution is -2.13. The number of carbonyl (C=O) groups is 1. The first-order valence-electron chi connectivity index (χ1n) is 5.61. The van der Waals surface area contributed by atoms with Crippen molar-refractivity contribution in [3.8, 4) is 0 Å². The van der Waals surface area contributed by atoms with Gasteiger partial charge in [0.25, 0.3) is 0 Å². The molecule has 3 nitrogen and oxygen atoms in total. The van der Waals surface area contributed by atoms with Gasteiger partial charge in [-0.05, 0) is 24.6 Å². The van der Waals surface area contributed by atoms with Gasteiger partial charge in [-0.2, -0.15) is 13.2 Å². The van der Waals surface area contributed by atoms with Gasteiger partial charge in [0, 0.05) is 17.8 Å². The molecule has 0 spiro atoms. The molecule has 0 bridgehead atoms. The zero-order valence-electron chi connectivity index (χ0n) is 9.97. The van der Waals surface area contributed by atoms with E-state index in [1.165, 1.54) is 6.07 Å². The summed E-state index contributed by atoms with van der Waals surface area (Å²) < 4.78 is 37.7. The second-order valence-corrected chi connectivity index (χ2v) is 3.95. The van der Waals surface area contributed by atoms with Crippen LogP contribution in [0.15, 0.2) is 18.2 Å². The number of unbranched alkanes of at least 4 members (excludes halogenated alkanes) is 1. The average Bonchev–Trinajstić information content (AvgIpc) is 2.27. The number of rotatable bonds is 4. The zero-order valence-corrected chi connectivity index (χ0v) is 9.97. The minimum absolute atomic E-state index is 0.109. The normalized spacial score (nSPS) is 11.3. The summed E-state index contributed by atoms with van der Waals surface area (Å²) in [5, 5.41) is 2.42. The van der Waals surface area contributed by atoms with Gasteiger partial charge in [0.05, 0.1) is 5.56 Å². The fourth-order valence-electron chi connectivity index (χ4n) is 1.44. The quantitative estimate of drug-likeness (QED) is 0.815. The highest BCUT2D eigenvalue weighted by atomic mass is 19.4. The summed E-state index contributed by atoms with van der Waals surface area (Å²) in [6.07, 6.45) is -2.67. The molecule has 1 aromatic carbocycles. The van der Waals surface area contributed by atoms with Crippen molar-refractivity contribution in [2.24, 2.45) is 0 Å². The number of nitrogens with two attached hydrogens (primary N) is 1. The van der Waals surface area contributed by atoms with E-state index in [9.17, 15) is 18.0 Å². The van der Waals surface area contributed by atoms with E-state index in [1.807, 2.05) is 6.92 Å². The number of benzene rings is 1. The van der Waals surface area contributed by atoms with Crippen LogP contribution in [-0.4, -0.2) is 5.91 Å². The van der Waals surface area contributed by atoms with E-state index in [4.69, 9.17) is 5.73 Å². The molecular formula is C12H15F3N2O. The van der Waals surface area contributed by atoms with Gasteiger partial charge in [0.1, 0.15) is 0 Å². The van der Waals surface area contributed by atoms with Crippen molar-refractivity contribution in [3.05, 3.63) is 23.8 Å². The van der Waals surface area contributed by atoms with Crippen LogP contribution in [0.1, 0.15) is 31.7 Å². The Bertz CT molecular complexity index is 430. The van der Waals surface area contributed by atoms with E-state index in [-0.39, 0.29) is 17.3 Å². The van der Waals surface area contributed by atoms with Gasteiger partial charge in [-0.3, -0.25) is 4.79 Å². The summed E-state index contributed by atoms with van der Waals surface area (Å²) in [6, 6.07) is 3.34. The predicted octanol–water partition coefficient (Wildman–Crippen LogP) is 3.42. The van der Waals surface area contributed by atoms with Gasteiger partial charge in [-0.1, -0.05) is 13.3 Å². The molecule has 1 rings (SSSR count). The minimum atomic E-state index is -4.52. The second kappa shape index (κ2) is 5.75. The molecule has 18 heavy (non-hydrogen) atoms. The summed E-state index contributed by atoms with van der Waals surface area (Å²) >= 11 is 0. The van der Waals surface area contributed by atoms with E-state index in [0.717, 1.165) is 18.6 Å². The molecule has 3 N–H and O–H groups in total. The number of nitrogen functional groups attached to an aromatic ring is 1. The molecule has 0 saturated carbocycles. The van der Waals surface area contributed by atoms with Crippen molar-refractivity contribution >= 4 is 17.3 Å². The highest BCUT2D eigenvalue weighted by Gasteiger charge is 2.33. The Labute approximate surface area is 103 Å². The van der Waals surface area contributed by atoms with E-state index in [0.29, 0.717) is 12.8 Å². The lowest BCUT2D eigenvalue weighted by Gasteiger charge is -2.12. The van der Waals surface area contributed by atoms with Crippen LogP contribution >= 0.6 is 0 Å². The monoisotopic (exact) mass is 260 g/mol. The number of hydrogen-bond donors (Lipinski definition) is 2. The molecule has 0 radical (unpaired) electrons. The van der Waals surface area contributed by atoms with Crippen LogP contribution in [0.2, 0.25) is 0 Å². The highest BCUT2D eigenvalue weighted by Crippen LogP contribution is 2.35. The number of anilines is 2. The maximum atomic E-state index is 12.6. The molecule has 1 aromatic rings. The van der Waals surface area contributed by atoms with Crippen LogP contribution in [0.5, 0.6) is 0 Å². The Morgan fingerprint density at radius 1 is 1.39 bits per heavy atom. The van der Waals surface area contributed by atoms with Gasteiger partial charge in [-0.15, -0.1) is 0 Å². The fraction of sp³-hybridized carbons (Fsp3) is 0.417. The fourth-order valence-corrected chi connectivity index (χ4v) is 1.44. The molecule has 6 heteroatoms. The Morgan fingerprint density at radius 2 is 2.06 bits per heavy atom. The van der Waals surface area contributed by atoms with Crippen molar-refractivity contribution in [1.82, 2.24) is 0 Å². The van der Waals surface area contributed by atoms with Crippen LogP contribution < -0.4 is 11.1 Å². The van der Waals surface area contributed by atoms with Crippen LogP contribution in [0.25, 0.3) is 0 Å². The number of amides is 1. The Balaban J connectivity index is 2.83. The lowest BCUT2D eigenvalue weighted by molar-refractivity contribution is -0.136. The number of nitrogens with one attached hydrogen (secondary N) is 1. The smallest absolute Gasteiger partial charge is 0.398 e. The van der Waals surface area contributed by atoms with Gasteiger partial charge in [0.2, 0.25) is 5.91 Å². The molecule has 0 saturated heterocycles. The molecule has 0 aliphatic rings. The number of halogens is 3. The first kappa shape index (κ1) is 14.3. The largest absolute Gasteiger partial charge is 0.418 e. The molecule has 0 aliphatic heterocycles. The third-order valence-electron chi connectivity index (χ3n) is 2.40. The van der Waals surface area contributed by atoms with Crippen molar-refractivity contribution in [1.29, 1.82) is 0 Å². The molecule has 0 aliphatic carbocycles. The van der Waals surface area contributed by atoms with Crippen LogP contribution in [-0.2, 0) is 11.0 Å². The first-order valence-corrected chi connectivity index (χ1v) is 5.61. The van der Waals surface area contributed by atoms with Crippen molar-refractivity contribution in [2.45, 2.75) is 32.4 Å². The maximum absolute atomic E-state index is 12.6. The third-order valence-corrected chi connectivity index (χ3v) is 2.40. The Kier molecular flexibility index (Phi) is 4.58. The summed E-state index contributed by atoms with van der Waals surface area (Å²) in [5.41, 5.74) is 4.08. The number of carbonyl (C=O) groups excluding carboxylic acids is 1. The van der Waals surface area contributed by atoms with Gasteiger partial charge in [-0.25, -0.2) is 0 Å². The first-order chi connectivity index (χ1) is 8.34. The van der Waals surface area contributed by atoms with Gasteiger partial charge >= 0.3 is 6.18 Å². The van der Waals surface area contributed by atoms with E-state index < -0.39 is 11.7 Å². The predicted molar refractivity (Wildman–Crippen MR) is 64.0 cm³/mol. The second-order valence-electron chi connectivity index (χ2n) is 3.95. The van der Waals surface area contributed by atoms with Crippen molar-refractivity contribution in [3.63, 3.8) is 0 Å². The topological polar surface area (TPSA) is 55.1 Å². The zero-order chi connectivity index (χ0) is 13.8. The minimum Gasteiger partial charge on any atom is -0.398 e. The number of hydrogen-bond acceptors (Lipinski definition) is 2. The van der Waals surface area contributed by atoms with Crippen LogP contribution in [0, 0.1) is 0 Å². The van der Waals surface area contributed by atoms with E-state index in [2.05, 4.69) is 5.32 Å². The SMILES string of the molecule is CCCCC(=O)Nc1ccc(N)c(C(F)(F)F)c1. The van der Waals surface area contributed by atoms with Crippen molar-refractivity contribution in [2.75, 3.05) is 11.1 Å². The molecule has 0 aromatic heterocycles. The van der Waals surface area contributed by atoms with Crippen LogP contribution in [0.4, 0.5) is 24.5 Å². The van der Waals surface area contributed by atoms with Crippen molar-refractivity contribution < 1.29 is 18.0 Å². The summed E-state index contributed by atoms with van der Waals surface area (Å²) in [5.74, 6) is -0.297.